The molecule has 2 aliphatic rings. The molecule has 0 radical (unpaired) electrons. The van der Waals surface area contributed by atoms with Crippen LogP contribution in [0.1, 0.15) is 52.4 Å². The second-order valence-electron chi connectivity index (χ2n) is 7.63. The summed E-state index contributed by atoms with van der Waals surface area (Å²) in [5, 5.41) is 5.69. The maximum atomic E-state index is 12.3. The third kappa shape index (κ3) is 6.00. The van der Waals surface area contributed by atoms with Crippen LogP contribution in [0.4, 0.5) is 0 Å². The lowest BCUT2D eigenvalue weighted by atomic mass is 9.83. The Hall–Kier alpha value is -1.57. The molecule has 1 saturated carbocycles. The van der Waals surface area contributed by atoms with Crippen LogP contribution in [-0.2, 0) is 19.2 Å². The highest BCUT2D eigenvalue weighted by Crippen LogP contribution is 2.30. The predicted molar refractivity (Wildman–Crippen MR) is 100 cm³/mol. The van der Waals surface area contributed by atoms with Crippen molar-refractivity contribution < 1.29 is 19.2 Å². The Morgan fingerprint density at radius 1 is 1.15 bits per heavy atom. The van der Waals surface area contributed by atoms with Gasteiger partial charge in [-0.15, -0.1) is 11.8 Å². The molecule has 1 heterocycles. The molecule has 1 aliphatic heterocycles. The van der Waals surface area contributed by atoms with Crippen LogP contribution < -0.4 is 10.6 Å². The van der Waals surface area contributed by atoms with Gasteiger partial charge in [-0.05, 0) is 19.3 Å². The van der Waals surface area contributed by atoms with Crippen molar-refractivity contribution in [2.45, 2.75) is 58.4 Å². The van der Waals surface area contributed by atoms with Crippen molar-refractivity contribution in [2.24, 2.45) is 5.41 Å². The van der Waals surface area contributed by atoms with Gasteiger partial charge in [0.25, 0.3) is 0 Å². The fraction of sp³-hybridized carbons (Fsp3) is 0.778. The van der Waals surface area contributed by atoms with Crippen LogP contribution in [-0.4, -0.2) is 59.2 Å². The molecular weight excluding hydrogens is 354 g/mol. The highest BCUT2D eigenvalue weighted by Gasteiger charge is 2.39. The van der Waals surface area contributed by atoms with Crippen LogP contribution in [0.2, 0.25) is 0 Å². The summed E-state index contributed by atoms with van der Waals surface area (Å²) in [7, 11) is 0. The van der Waals surface area contributed by atoms with Crippen molar-refractivity contribution in [3.05, 3.63) is 0 Å². The molecule has 0 aromatic carbocycles. The zero-order valence-corrected chi connectivity index (χ0v) is 16.5. The first-order valence-electron chi connectivity index (χ1n) is 9.28. The number of nitrogens with zero attached hydrogens (tertiary/aromatic N) is 1. The summed E-state index contributed by atoms with van der Waals surface area (Å²) in [4.78, 5) is 49.0. The Balaban J connectivity index is 1.60. The topological polar surface area (TPSA) is 95.6 Å². The molecule has 4 amide bonds. The maximum absolute atomic E-state index is 12.3. The van der Waals surface area contributed by atoms with Gasteiger partial charge in [-0.2, -0.15) is 0 Å². The van der Waals surface area contributed by atoms with Crippen LogP contribution >= 0.6 is 11.8 Å². The van der Waals surface area contributed by atoms with Gasteiger partial charge in [0, 0.05) is 31.0 Å². The quantitative estimate of drug-likeness (QED) is 0.611. The molecule has 2 N–H and O–H groups in total. The normalized spacial score (nSPS) is 20.3. The van der Waals surface area contributed by atoms with Gasteiger partial charge in [-0.1, -0.05) is 26.7 Å². The largest absolute Gasteiger partial charge is 0.354 e. The lowest BCUT2D eigenvalue weighted by molar-refractivity contribution is -0.156. The third-order valence-corrected chi connectivity index (χ3v) is 5.87. The summed E-state index contributed by atoms with van der Waals surface area (Å²) in [6.45, 7) is 4.10. The molecule has 0 spiro atoms. The van der Waals surface area contributed by atoms with Gasteiger partial charge in [0.05, 0.1) is 11.5 Å². The van der Waals surface area contributed by atoms with Gasteiger partial charge < -0.3 is 10.6 Å². The number of amides is 4. The number of hydrogen-bond acceptors (Lipinski definition) is 5. The molecule has 8 heteroatoms. The molecule has 7 nitrogen and oxygen atoms in total. The predicted octanol–water partition coefficient (Wildman–Crippen LogP) is 1.07. The molecule has 1 saturated heterocycles. The Labute approximate surface area is 159 Å². The monoisotopic (exact) mass is 383 g/mol. The van der Waals surface area contributed by atoms with Gasteiger partial charge in [-0.25, -0.2) is 0 Å². The first-order chi connectivity index (χ1) is 12.3. The van der Waals surface area contributed by atoms with Crippen LogP contribution in [0.5, 0.6) is 0 Å². The summed E-state index contributed by atoms with van der Waals surface area (Å²) < 4.78 is 0. The van der Waals surface area contributed by atoms with Crippen molar-refractivity contribution in [3.63, 3.8) is 0 Å². The highest BCUT2D eigenvalue weighted by molar-refractivity contribution is 8.00. The van der Waals surface area contributed by atoms with Gasteiger partial charge in [0.15, 0.2) is 0 Å². The number of hydrogen-bond donors (Lipinski definition) is 2. The van der Waals surface area contributed by atoms with Gasteiger partial charge >= 0.3 is 0 Å². The fourth-order valence-corrected chi connectivity index (χ4v) is 3.96. The van der Waals surface area contributed by atoms with Crippen molar-refractivity contribution in [1.82, 2.24) is 15.5 Å². The zero-order valence-electron chi connectivity index (χ0n) is 15.6. The summed E-state index contributed by atoms with van der Waals surface area (Å²) in [6, 6.07) is 0.292. The van der Waals surface area contributed by atoms with E-state index in [9.17, 15) is 19.2 Å². The van der Waals surface area contributed by atoms with E-state index in [2.05, 4.69) is 10.6 Å². The van der Waals surface area contributed by atoms with Gasteiger partial charge in [0.2, 0.25) is 23.6 Å². The molecule has 26 heavy (non-hydrogen) atoms. The Morgan fingerprint density at radius 2 is 1.81 bits per heavy atom. The van der Waals surface area contributed by atoms with E-state index in [1.165, 1.54) is 29.5 Å². The molecule has 1 aliphatic carbocycles. The summed E-state index contributed by atoms with van der Waals surface area (Å²) in [6.07, 6.45) is 5.34. The van der Waals surface area contributed by atoms with E-state index < -0.39 is 5.41 Å². The van der Waals surface area contributed by atoms with Crippen molar-refractivity contribution in [2.75, 3.05) is 24.6 Å². The van der Waals surface area contributed by atoms with E-state index in [1.54, 1.807) is 0 Å². The van der Waals surface area contributed by atoms with Gasteiger partial charge in [-0.3, -0.25) is 24.1 Å². The van der Waals surface area contributed by atoms with E-state index in [-0.39, 0.29) is 48.2 Å². The van der Waals surface area contributed by atoms with Crippen LogP contribution in [0.15, 0.2) is 0 Å². The summed E-state index contributed by atoms with van der Waals surface area (Å²) >= 11 is 1.27. The number of carbonyl (C=O) groups excluding carboxylic acids is 4. The van der Waals surface area contributed by atoms with E-state index in [0.29, 0.717) is 18.9 Å². The zero-order chi connectivity index (χ0) is 19.2. The summed E-state index contributed by atoms with van der Waals surface area (Å²) in [5.74, 6) is -0.129. The average Bonchev–Trinajstić information content (AvgIpc) is 3.08. The van der Waals surface area contributed by atoms with Crippen LogP contribution in [0.25, 0.3) is 0 Å². The Kier molecular flexibility index (Phi) is 7.49. The number of rotatable bonds is 8. The van der Waals surface area contributed by atoms with Crippen LogP contribution in [0, 0.1) is 5.41 Å². The molecule has 0 unspecified atom stereocenters. The fourth-order valence-electron chi connectivity index (χ4n) is 3.30. The molecular formula is C18H29N3O4S. The minimum Gasteiger partial charge on any atom is -0.354 e. The number of likely N-dealkylation sites (tertiary alicyclic amines) is 1. The smallest absolute Gasteiger partial charge is 0.234 e. The Bertz CT molecular complexity index is 559. The molecule has 0 aromatic rings. The van der Waals surface area contributed by atoms with Gasteiger partial charge in [0.1, 0.15) is 0 Å². The second-order valence-corrected chi connectivity index (χ2v) is 8.61. The minimum absolute atomic E-state index is 0.0264. The number of carbonyl (C=O) groups is 4. The molecule has 0 atom stereocenters. The second kappa shape index (κ2) is 9.39. The third-order valence-electron chi connectivity index (χ3n) is 4.93. The Morgan fingerprint density at radius 3 is 2.50 bits per heavy atom. The van der Waals surface area contributed by atoms with Crippen LogP contribution in [0.3, 0.4) is 0 Å². The number of piperidine rings is 1. The number of thioether (sulfide) groups is 1. The van der Waals surface area contributed by atoms with Crippen molar-refractivity contribution >= 4 is 35.4 Å². The molecule has 146 valence electrons. The molecule has 0 aromatic heterocycles. The standard InChI is InChI=1S/C18H29N3O4S/c1-18(2)8-7-16(24)21(17(18)25)10-9-19-14(22)11-26-12-15(23)20-13-5-3-4-6-13/h13H,3-12H2,1-2H3,(H,19,22)(H,20,23). The van der Waals surface area contributed by atoms with E-state index in [4.69, 9.17) is 0 Å². The summed E-state index contributed by atoms with van der Waals surface area (Å²) in [5.41, 5.74) is -0.527. The minimum atomic E-state index is -0.527. The lowest BCUT2D eigenvalue weighted by Gasteiger charge is -2.35. The highest BCUT2D eigenvalue weighted by atomic mass is 32.2. The van der Waals surface area contributed by atoms with E-state index in [1.807, 2.05) is 13.8 Å². The number of imide groups is 1. The van der Waals surface area contributed by atoms with E-state index >= 15 is 0 Å². The van der Waals surface area contributed by atoms with E-state index in [0.717, 1.165) is 12.8 Å². The lowest BCUT2D eigenvalue weighted by Crippen LogP contribution is -2.51. The first kappa shape index (κ1) is 20.7. The number of nitrogens with one attached hydrogen (secondary N) is 2. The first-order valence-corrected chi connectivity index (χ1v) is 10.4. The average molecular weight is 384 g/mol. The molecule has 2 rings (SSSR count). The van der Waals surface area contributed by atoms with Crippen molar-refractivity contribution in [1.29, 1.82) is 0 Å². The van der Waals surface area contributed by atoms with Crippen molar-refractivity contribution in [3.8, 4) is 0 Å². The SMILES string of the molecule is CC1(C)CCC(=O)N(CCNC(=O)CSCC(=O)NC2CCCC2)C1=O. The molecule has 0 bridgehead atoms. The molecule has 2 fully saturated rings. The maximum Gasteiger partial charge on any atom is 0.234 e.